The zero-order valence-electron chi connectivity index (χ0n) is 9.64. The first-order chi connectivity index (χ1) is 7.79. The van der Waals surface area contributed by atoms with Gasteiger partial charge in [-0.05, 0) is 24.6 Å². The van der Waals surface area contributed by atoms with Crippen LogP contribution in [0.1, 0.15) is 13.3 Å². The van der Waals surface area contributed by atoms with Gasteiger partial charge in [0.15, 0.2) is 0 Å². The Labute approximate surface area is 95.3 Å². The number of anilines is 1. The summed E-state index contributed by atoms with van der Waals surface area (Å²) in [5.41, 5.74) is 2.90. The minimum absolute atomic E-state index is 0.904. The van der Waals surface area contributed by atoms with Crippen molar-refractivity contribution in [3.63, 3.8) is 0 Å². The van der Waals surface area contributed by atoms with Crippen LogP contribution in [-0.2, 0) is 7.05 Å². The second-order valence-electron chi connectivity index (χ2n) is 3.73. The van der Waals surface area contributed by atoms with Gasteiger partial charge in [-0.15, -0.1) is 0 Å². The number of hydrogen-bond donors (Lipinski definition) is 1. The number of nitrogens with one attached hydrogen (secondary N) is 1. The van der Waals surface area contributed by atoms with E-state index in [1.165, 1.54) is 0 Å². The number of nitrogens with zero attached hydrogens (tertiary/aromatic N) is 3. The van der Waals surface area contributed by atoms with Gasteiger partial charge in [-0.3, -0.25) is 9.67 Å². The lowest BCUT2D eigenvalue weighted by molar-refractivity contribution is 0.770. The Morgan fingerprint density at radius 3 is 2.88 bits per heavy atom. The Morgan fingerprint density at radius 1 is 1.31 bits per heavy atom. The van der Waals surface area contributed by atoms with E-state index < -0.39 is 0 Å². The van der Waals surface area contributed by atoms with E-state index in [0.29, 0.717) is 0 Å². The SMILES string of the molecule is CCCNc1ccnc(-c2ccn(C)n2)c1. The summed E-state index contributed by atoms with van der Waals surface area (Å²) < 4.78 is 1.78. The normalized spacial score (nSPS) is 10.4. The fourth-order valence-electron chi connectivity index (χ4n) is 1.50. The Hall–Kier alpha value is -1.84. The van der Waals surface area contributed by atoms with Crippen LogP contribution in [0, 0.1) is 0 Å². The van der Waals surface area contributed by atoms with Gasteiger partial charge in [0.05, 0.1) is 5.69 Å². The van der Waals surface area contributed by atoms with Crippen LogP contribution in [0.4, 0.5) is 5.69 Å². The maximum Gasteiger partial charge on any atom is 0.111 e. The standard InChI is InChI=1S/C12H16N4/c1-3-6-13-10-4-7-14-12(9-10)11-5-8-16(2)15-11/h4-5,7-9H,3,6H2,1-2H3,(H,13,14). The van der Waals surface area contributed by atoms with Gasteiger partial charge < -0.3 is 5.32 Å². The van der Waals surface area contributed by atoms with Crippen molar-refractivity contribution in [3.05, 3.63) is 30.6 Å². The molecule has 0 aromatic carbocycles. The average Bonchev–Trinajstić information content (AvgIpc) is 2.74. The van der Waals surface area contributed by atoms with Crippen molar-refractivity contribution >= 4 is 5.69 Å². The third-order valence-electron chi connectivity index (χ3n) is 2.32. The molecule has 0 atom stereocenters. The van der Waals surface area contributed by atoms with Crippen LogP contribution in [0.15, 0.2) is 30.6 Å². The second-order valence-corrected chi connectivity index (χ2v) is 3.73. The highest BCUT2D eigenvalue weighted by Crippen LogP contribution is 2.17. The molecule has 2 aromatic heterocycles. The van der Waals surface area contributed by atoms with Crippen LogP contribution in [0.2, 0.25) is 0 Å². The van der Waals surface area contributed by atoms with Crippen LogP contribution in [0.3, 0.4) is 0 Å². The van der Waals surface area contributed by atoms with Crippen LogP contribution in [-0.4, -0.2) is 21.3 Å². The minimum Gasteiger partial charge on any atom is -0.385 e. The van der Waals surface area contributed by atoms with E-state index in [4.69, 9.17) is 0 Å². The largest absolute Gasteiger partial charge is 0.385 e. The van der Waals surface area contributed by atoms with Gasteiger partial charge in [0, 0.05) is 31.7 Å². The summed E-state index contributed by atoms with van der Waals surface area (Å²) in [6.07, 6.45) is 4.84. The zero-order valence-corrected chi connectivity index (χ0v) is 9.64. The molecule has 4 nitrogen and oxygen atoms in total. The van der Waals surface area contributed by atoms with E-state index in [9.17, 15) is 0 Å². The maximum absolute atomic E-state index is 4.33. The summed E-state index contributed by atoms with van der Waals surface area (Å²) in [7, 11) is 1.91. The predicted molar refractivity (Wildman–Crippen MR) is 65.2 cm³/mol. The summed E-state index contributed by atoms with van der Waals surface area (Å²) in [5.74, 6) is 0. The molecule has 0 aliphatic heterocycles. The molecular formula is C12H16N4. The molecule has 0 saturated carbocycles. The van der Waals surface area contributed by atoms with Crippen molar-refractivity contribution in [1.29, 1.82) is 0 Å². The molecule has 0 radical (unpaired) electrons. The molecule has 2 aromatic rings. The third kappa shape index (κ3) is 2.39. The molecule has 0 saturated heterocycles. The summed E-state index contributed by atoms with van der Waals surface area (Å²) in [5, 5.41) is 7.67. The molecule has 0 bridgehead atoms. The Balaban J connectivity index is 2.22. The minimum atomic E-state index is 0.904. The van der Waals surface area contributed by atoms with E-state index in [1.54, 1.807) is 4.68 Å². The molecule has 0 aliphatic rings. The molecule has 2 heterocycles. The number of rotatable bonds is 4. The van der Waals surface area contributed by atoms with Crippen LogP contribution in [0.5, 0.6) is 0 Å². The van der Waals surface area contributed by atoms with Gasteiger partial charge >= 0.3 is 0 Å². The van der Waals surface area contributed by atoms with Crippen molar-refractivity contribution in [1.82, 2.24) is 14.8 Å². The fraction of sp³-hybridized carbons (Fsp3) is 0.333. The van der Waals surface area contributed by atoms with Crippen molar-refractivity contribution in [3.8, 4) is 11.4 Å². The summed E-state index contributed by atoms with van der Waals surface area (Å²) >= 11 is 0. The molecule has 4 heteroatoms. The fourth-order valence-corrected chi connectivity index (χ4v) is 1.50. The number of pyridine rings is 1. The van der Waals surface area contributed by atoms with E-state index >= 15 is 0 Å². The number of hydrogen-bond acceptors (Lipinski definition) is 3. The van der Waals surface area contributed by atoms with E-state index in [-0.39, 0.29) is 0 Å². The lowest BCUT2D eigenvalue weighted by atomic mass is 10.2. The molecule has 0 unspecified atom stereocenters. The molecule has 0 amide bonds. The van der Waals surface area contributed by atoms with Crippen LogP contribution >= 0.6 is 0 Å². The van der Waals surface area contributed by atoms with Crippen LogP contribution < -0.4 is 5.32 Å². The van der Waals surface area contributed by atoms with Crippen molar-refractivity contribution in [2.24, 2.45) is 7.05 Å². The molecule has 2 rings (SSSR count). The van der Waals surface area contributed by atoms with Gasteiger partial charge in [0.25, 0.3) is 0 Å². The second kappa shape index (κ2) is 4.79. The van der Waals surface area contributed by atoms with Gasteiger partial charge in [-0.1, -0.05) is 6.92 Å². The first-order valence-corrected chi connectivity index (χ1v) is 5.49. The van der Waals surface area contributed by atoms with E-state index in [2.05, 4.69) is 22.3 Å². The molecular weight excluding hydrogens is 200 g/mol. The first-order valence-electron chi connectivity index (χ1n) is 5.49. The molecule has 0 fully saturated rings. The Kier molecular flexibility index (Phi) is 3.19. The van der Waals surface area contributed by atoms with Gasteiger partial charge in [0.2, 0.25) is 0 Å². The Morgan fingerprint density at radius 2 is 2.19 bits per heavy atom. The van der Waals surface area contributed by atoms with Crippen molar-refractivity contribution in [2.45, 2.75) is 13.3 Å². The highest BCUT2D eigenvalue weighted by molar-refractivity contribution is 5.60. The third-order valence-corrected chi connectivity index (χ3v) is 2.32. The lowest BCUT2D eigenvalue weighted by Gasteiger charge is -2.05. The summed E-state index contributed by atoms with van der Waals surface area (Å²) in [4.78, 5) is 4.32. The van der Waals surface area contributed by atoms with Crippen molar-refractivity contribution < 1.29 is 0 Å². The molecule has 0 aliphatic carbocycles. The van der Waals surface area contributed by atoms with Crippen molar-refractivity contribution in [2.75, 3.05) is 11.9 Å². The van der Waals surface area contributed by atoms with E-state index in [0.717, 1.165) is 30.0 Å². The highest BCUT2D eigenvalue weighted by Gasteiger charge is 2.03. The summed E-state index contributed by atoms with van der Waals surface area (Å²) in [6.45, 7) is 3.12. The quantitative estimate of drug-likeness (QED) is 0.852. The van der Waals surface area contributed by atoms with Gasteiger partial charge in [0.1, 0.15) is 5.69 Å². The summed E-state index contributed by atoms with van der Waals surface area (Å²) in [6, 6.07) is 5.96. The number of aromatic nitrogens is 3. The monoisotopic (exact) mass is 216 g/mol. The van der Waals surface area contributed by atoms with Gasteiger partial charge in [-0.25, -0.2) is 0 Å². The van der Waals surface area contributed by atoms with Crippen LogP contribution in [0.25, 0.3) is 11.4 Å². The average molecular weight is 216 g/mol. The maximum atomic E-state index is 4.33. The topological polar surface area (TPSA) is 42.7 Å². The van der Waals surface area contributed by atoms with Gasteiger partial charge in [-0.2, -0.15) is 5.10 Å². The first kappa shape index (κ1) is 10.7. The Bertz CT molecular complexity index is 462. The predicted octanol–water partition coefficient (Wildman–Crippen LogP) is 2.30. The highest BCUT2D eigenvalue weighted by atomic mass is 15.2. The smallest absolute Gasteiger partial charge is 0.111 e. The molecule has 1 N–H and O–H groups in total. The van der Waals surface area contributed by atoms with E-state index in [1.807, 2.05) is 37.6 Å². The molecule has 84 valence electrons. The molecule has 0 spiro atoms. The zero-order chi connectivity index (χ0) is 11.4. The lowest BCUT2D eigenvalue weighted by Crippen LogP contribution is -2.00. The number of aryl methyl sites for hydroxylation is 1. The molecule has 16 heavy (non-hydrogen) atoms.